The second-order valence-corrected chi connectivity index (χ2v) is 5.31. The first-order chi connectivity index (χ1) is 9.68. The highest BCUT2D eigenvalue weighted by Crippen LogP contribution is 2.38. The molecule has 1 rings (SSSR count). The molecule has 0 saturated heterocycles. The van der Waals surface area contributed by atoms with Gasteiger partial charge in [0.15, 0.2) is 0 Å². The van der Waals surface area contributed by atoms with Crippen LogP contribution in [0.5, 0.6) is 5.75 Å². The van der Waals surface area contributed by atoms with Gasteiger partial charge in [-0.25, -0.2) is 4.79 Å². The van der Waals surface area contributed by atoms with Gasteiger partial charge in [0, 0.05) is 0 Å². The lowest BCUT2D eigenvalue weighted by atomic mass is 10.1. The second kappa shape index (κ2) is 5.69. The van der Waals surface area contributed by atoms with E-state index in [1.165, 1.54) is 20.8 Å². The van der Waals surface area contributed by atoms with E-state index in [9.17, 15) is 31.1 Å². The van der Waals surface area contributed by atoms with Crippen molar-refractivity contribution >= 4 is 6.16 Å². The summed E-state index contributed by atoms with van der Waals surface area (Å²) < 4.78 is 84.7. The Morgan fingerprint density at radius 2 is 1.27 bits per heavy atom. The number of ether oxygens (including phenoxy) is 2. The highest BCUT2D eigenvalue weighted by Gasteiger charge is 2.37. The first-order valence-corrected chi connectivity index (χ1v) is 5.89. The van der Waals surface area contributed by atoms with Gasteiger partial charge in [-0.05, 0) is 39.0 Å². The molecular weight excluding hydrogens is 318 g/mol. The predicted molar refractivity (Wildman–Crippen MR) is 63.3 cm³/mol. The normalized spacial score (nSPS) is 13.0. The Morgan fingerprint density at radius 3 is 1.59 bits per heavy atom. The Hall–Kier alpha value is -1.93. The first kappa shape index (κ1) is 18.1. The summed E-state index contributed by atoms with van der Waals surface area (Å²) in [6.45, 7) is 4.38. The highest BCUT2D eigenvalue weighted by molar-refractivity contribution is 5.64. The molecule has 3 nitrogen and oxygen atoms in total. The number of benzene rings is 1. The zero-order chi connectivity index (χ0) is 17.3. The van der Waals surface area contributed by atoms with Crippen LogP contribution < -0.4 is 4.74 Å². The van der Waals surface area contributed by atoms with Gasteiger partial charge in [-0.2, -0.15) is 26.3 Å². The van der Waals surface area contributed by atoms with Crippen LogP contribution in [0.25, 0.3) is 0 Å². The molecule has 0 amide bonds. The largest absolute Gasteiger partial charge is 0.514 e. The van der Waals surface area contributed by atoms with Gasteiger partial charge in [0.05, 0.1) is 11.1 Å². The predicted octanol–water partition coefficient (Wildman–Crippen LogP) is 5.04. The van der Waals surface area contributed by atoms with Crippen LogP contribution in [0.1, 0.15) is 31.9 Å². The topological polar surface area (TPSA) is 35.5 Å². The van der Waals surface area contributed by atoms with Crippen LogP contribution >= 0.6 is 0 Å². The molecule has 0 unspecified atom stereocenters. The number of alkyl halides is 6. The summed E-state index contributed by atoms with van der Waals surface area (Å²) in [4.78, 5) is 11.3. The Bertz CT molecular complexity index is 522. The first-order valence-electron chi connectivity index (χ1n) is 5.89. The Morgan fingerprint density at radius 1 is 0.864 bits per heavy atom. The molecule has 0 bridgehead atoms. The van der Waals surface area contributed by atoms with Gasteiger partial charge in [0.2, 0.25) is 0 Å². The molecule has 22 heavy (non-hydrogen) atoms. The van der Waals surface area contributed by atoms with E-state index in [1.54, 1.807) is 0 Å². The molecule has 0 radical (unpaired) electrons. The molecule has 1 aromatic carbocycles. The maximum absolute atomic E-state index is 12.6. The van der Waals surface area contributed by atoms with Crippen molar-refractivity contribution in [1.29, 1.82) is 0 Å². The monoisotopic (exact) mass is 330 g/mol. The maximum atomic E-state index is 12.6. The van der Waals surface area contributed by atoms with E-state index in [2.05, 4.69) is 9.47 Å². The molecule has 0 saturated carbocycles. The van der Waals surface area contributed by atoms with Crippen molar-refractivity contribution < 1.29 is 40.6 Å². The van der Waals surface area contributed by atoms with Crippen LogP contribution in [0.2, 0.25) is 0 Å². The summed E-state index contributed by atoms with van der Waals surface area (Å²) in [5.74, 6) is -0.906. The number of hydrogen-bond donors (Lipinski definition) is 0. The second-order valence-electron chi connectivity index (χ2n) is 5.31. The molecule has 9 heteroatoms. The molecule has 0 atom stereocenters. The Balaban J connectivity index is 3.17. The van der Waals surface area contributed by atoms with Gasteiger partial charge in [0.1, 0.15) is 11.4 Å². The van der Waals surface area contributed by atoms with E-state index < -0.39 is 41.0 Å². The van der Waals surface area contributed by atoms with Crippen LogP contribution in [0, 0.1) is 0 Å². The minimum Gasteiger partial charge on any atom is -0.428 e. The zero-order valence-corrected chi connectivity index (χ0v) is 11.7. The van der Waals surface area contributed by atoms with Crippen molar-refractivity contribution in [3.05, 3.63) is 29.3 Å². The van der Waals surface area contributed by atoms with Crippen LogP contribution in [0.15, 0.2) is 18.2 Å². The fourth-order valence-electron chi connectivity index (χ4n) is 1.35. The molecule has 0 aliphatic rings. The summed E-state index contributed by atoms with van der Waals surface area (Å²) in [5.41, 5.74) is -4.17. The van der Waals surface area contributed by atoms with E-state index >= 15 is 0 Å². The van der Waals surface area contributed by atoms with Gasteiger partial charge in [0.25, 0.3) is 0 Å². The van der Waals surface area contributed by atoms with Gasteiger partial charge in [-0.1, -0.05) is 0 Å². The molecule has 0 aromatic heterocycles. The number of carbonyl (C=O) groups is 1. The SMILES string of the molecule is CC(C)(C)OC(=O)Oc1cc(C(F)(F)F)cc(C(F)(F)F)c1. The smallest absolute Gasteiger partial charge is 0.428 e. The number of carbonyl (C=O) groups excluding carboxylic acids is 1. The zero-order valence-electron chi connectivity index (χ0n) is 11.7. The molecule has 0 N–H and O–H groups in total. The molecule has 0 aliphatic heterocycles. The van der Waals surface area contributed by atoms with Crippen molar-refractivity contribution in [1.82, 2.24) is 0 Å². The lowest BCUT2D eigenvalue weighted by molar-refractivity contribution is -0.143. The van der Waals surface area contributed by atoms with Gasteiger partial charge in [-0.15, -0.1) is 0 Å². The van der Waals surface area contributed by atoms with Gasteiger partial charge >= 0.3 is 18.5 Å². The van der Waals surface area contributed by atoms with E-state index in [0.29, 0.717) is 12.1 Å². The van der Waals surface area contributed by atoms with E-state index in [1.807, 2.05) is 0 Å². The Labute approximate surface area is 121 Å². The summed E-state index contributed by atoms with van der Waals surface area (Å²) >= 11 is 0. The highest BCUT2D eigenvalue weighted by atomic mass is 19.4. The number of halogens is 6. The standard InChI is InChI=1S/C13H12F6O3/c1-11(2,3)22-10(20)21-9-5-7(12(14,15)16)4-8(6-9)13(17,18)19/h4-6H,1-3H3. The average molecular weight is 330 g/mol. The van der Waals surface area contributed by atoms with E-state index in [0.717, 1.165) is 0 Å². The van der Waals surface area contributed by atoms with Crippen molar-refractivity contribution in [2.45, 2.75) is 38.7 Å². The summed E-state index contributed by atoms with van der Waals surface area (Å²) in [7, 11) is 0. The molecule has 0 spiro atoms. The maximum Gasteiger partial charge on any atom is 0.514 e. The van der Waals surface area contributed by atoms with E-state index in [4.69, 9.17) is 0 Å². The summed E-state index contributed by atoms with van der Waals surface area (Å²) in [5, 5.41) is 0. The third-order valence-electron chi connectivity index (χ3n) is 2.15. The lowest BCUT2D eigenvalue weighted by Crippen LogP contribution is -2.26. The number of hydrogen-bond acceptors (Lipinski definition) is 3. The number of rotatable bonds is 1. The lowest BCUT2D eigenvalue weighted by Gasteiger charge is -2.19. The van der Waals surface area contributed by atoms with Gasteiger partial charge in [-0.3, -0.25) is 0 Å². The van der Waals surface area contributed by atoms with Gasteiger partial charge < -0.3 is 9.47 Å². The van der Waals surface area contributed by atoms with Crippen LogP contribution in [-0.4, -0.2) is 11.8 Å². The summed E-state index contributed by atoms with van der Waals surface area (Å²) in [6.07, 6.45) is -11.4. The van der Waals surface area contributed by atoms with Crippen LogP contribution in [0.4, 0.5) is 31.1 Å². The minimum atomic E-state index is -5.02. The molecule has 1 aromatic rings. The third kappa shape index (κ3) is 5.45. The summed E-state index contributed by atoms with van der Waals surface area (Å²) in [6, 6.07) is 0.514. The Kier molecular flexibility index (Phi) is 4.69. The molecule has 0 aliphatic carbocycles. The van der Waals surface area contributed by atoms with E-state index in [-0.39, 0.29) is 6.07 Å². The van der Waals surface area contributed by atoms with Crippen molar-refractivity contribution in [3.63, 3.8) is 0 Å². The fourth-order valence-corrected chi connectivity index (χ4v) is 1.35. The van der Waals surface area contributed by atoms with Crippen molar-refractivity contribution in [3.8, 4) is 5.75 Å². The minimum absolute atomic E-state index is 0.0675. The van der Waals surface area contributed by atoms with Crippen molar-refractivity contribution in [2.75, 3.05) is 0 Å². The molecule has 0 fully saturated rings. The van der Waals surface area contributed by atoms with Crippen LogP contribution in [0.3, 0.4) is 0 Å². The molecule has 0 heterocycles. The quantitative estimate of drug-likeness (QED) is 0.411. The average Bonchev–Trinajstić information content (AvgIpc) is 2.23. The third-order valence-corrected chi connectivity index (χ3v) is 2.15. The molecule has 124 valence electrons. The molecular formula is C13H12F6O3. The van der Waals surface area contributed by atoms with Crippen molar-refractivity contribution in [2.24, 2.45) is 0 Å². The fraction of sp³-hybridized carbons (Fsp3) is 0.462. The van der Waals surface area contributed by atoms with Crippen LogP contribution in [-0.2, 0) is 17.1 Å².